The Morgan fingerprint density at radius 1 is 0.438 bits per heavy atom. The van der Waals surface area contributed by atoms with Gasteiger partial charge in [0.05, 0.1) is 16.9 Å². The molecule has 0 amide bonds. The molecule has 9 aromatic carbocycles. The molecule has 0 unspecified atom stereocenters. The van der Waals surface area contributed by atoms with Gasteiger partial charge in [0, 0.05) is 66.0 Å². The molecule has 12 aromatic rings. The van der Waals surface area contributed by atoms with Crippen LogP contribution >= 0.6 is 0 Å². The molecule has 0 N–H and O–H groups in total. The fraction of sp³-hybridized carbons (Fsp3) is 0.0508. The lowest BCUT2D eigenvalue weighted by Gasteiger charge is -2.29. The van der Waals surface area contributed by atoms with E-state index in [9.17, 15) is 0 Å². The fourth-order valence-corrected chi connectivity index (χ4v) is 10.3. The van der Waals surface area contributed by atoms with Crippen LogP contribution in [0.2, 0.25) is 0 Å². The van der Waals surface area contributed by atoms with E-state index in [1.807, 2.05) is 42.5 Å². The molecule has 0 saturated carbocycles. The SMILES string of the molecule is CC1(C)c2ccccc2-c2c(N(c3ccc(-c4cccc5c4oc4ccccc45)cc3)c3ccc4oc5cccc(-c6nc(-c7ccccc7)c7ccccc7n6)c5c4c3)cccc21. The quantitative estimate of drug-likeness (QED) is 0.167. The summed E-state index contributed by atoms with van der Waals surface area (Å²) in [5.74, 6) is 0.655. The van der Waals surface area contributed by atoms with Crippen LogP contribution in [0, 0.1) is 0 Å². The van der Waals surface area contributed by atoms with Crippen LogP contribution in [0.4, 0.5) is 17.1 Å². The minimum atomic E-state index is -0.166. The summed E-state index contributed by atoms with van der Waals surface area (Å²) in [5.41, 5.74) is 17.4. The summed E-state index contributed by atoms with van der Waals surface area (Å²) >= 11 is 0. The first-order valence-electron chi connectivity index (χ1n) is 21.8. The zero-order valence-corrected chi connectivity index (χ0v) is 35.2. The Bertz CT molecular complexity index is 3820. The number of para-hydroxylation sites is 3. The van der Waals surface area contributed by atoms with E-state index in [1.165, 1.54) is 22.3 Å². The predicted molar refractivity (Wildman–Crippen MR) is 263 cm³/mol. The molecule has 302 valence electrons. The molecule has 3 aromatic heterocycles. The Hall–Kier alpha value is -8.28. The van der Waals surface area contributed by atoms with Crippen molar-refractivity contribution in [3.8, 4) is 44.9 Å². The summed E-state index contributed by atoms with van der Waals surface area (Å²) in [7, 11) is 0. The van der Waals surface area contributed by atoms with Gasteiger partial charge in [-0.3, -0.25) is 0 Å². The Morgan fingerprint density at radius 3 is 1.98 bits per heavy atom. The molecule has 0 fully saturated rings. The minimum Gasteiger partial charge on any atom is -0.456 e. The van der Waals surface area contributed by atoms with Crippen molar-refractivity contribution in [2.24, 2.45) is 0 Å². The van der Waals surface area contributed by atoms with E-state index >= 15 is 0 Å². The lowest BCUT2D eigenvalue weighted by Crippen LogP contribution is -2.16. The highest BCUT2D eigenvalue weighted by Crippen LogP contribution is 2.54. The molecule has 1 aliphatic carbocycles. The fourth-order valence-electron chi connectivity index (χ4n) is 10.3. The van der Waals surface area contributed by atoms with Crippen LogP contribution in [-0.4, -0.2) is 9.97 Å². The maximum atomic E-state index is 6.65. The normalized spacial score (nSPS) is 13.0. The maximum absolute atomic E-state index is 6.65. The van der Waals surface area contributed by atoms with Crippen molar-refractivity contribution in [3.05, 3.63) is 211 Å². The molecule has 0 bridgehead atoms. The average molecular weight is 822 g/mol. The summed E-state index contributed by atoms with van der Waals surface area (Å²) in [5, 5.41) is 5.23. The Labute approximate surface area is 369 Å². The summed E-state index contributed by atoms with van der Waals surface area (Å²) in [4.78, 5) is 12.9. The van der Waals surface area contributed by atoms with E-state index in [2.05, 4.69) is 176 Å². The van der Waals surface area contributed by atoms with Crippen LogP contribution in [0.5, 0.6) is 0 Å². The van der Waals surface area contributed by atoms with Gasteiger partial charge < -0.3 is 13.7 Å². The number of anilines is 3. The molecule has 5 nitrogen and oxygen atoms in total. The topological polar surface area (TPSA) is 55.3 Å². The van der Waals surface area contributed by atoms with Crippen LogP contribution in [0.15, 0.2) is 209 Å². The highest BCUT2D eigenvalue weighted by Gasteiger charge is 2.38. The molecule has 3 heterocycles. The first kappa shape index (κ1) is 36.4. The van der Waals surface area contributed by atoms with E-state index in [1.54, 1.807) is 0 Å². The molecule has 1 aliphatic rings. The number of rotatable bonds is 6. The van der Waals surface area contributed by atoms with Gasteiger partial charge in [0.15, 0.2) is 5.82 Å². The van der Waals surface area contributed by atoms with Crippen LogP contribution in [0.3, 0.4) is 0 Å². The lowest BCUT2D eigenvalue weighted by molar-refractivity contribution is 0.660. The third kappa shape index (κ3) is 5.44. The monoisotopic (exact) mass is 821 g/mol. The Morgan fingerprint density at radius 2 is 1.09 bits per heavy atom. The molecular weight excluding hydrogens is 783 g/mol. The average Bonchev–Trinajstić information content (AvgIpc) is 3.99. The Kier molecular flexibility index (Phi) is 7.88. The summed E-state index contributed by atoms with van der Waals surface area (Å²) in [6, 6.07) is 70.6. The summed E-state index contributed by atoms with van der Waals surface area (Å²) in [6.07, 6.45) is 0. The van der Waals surface area contributed by atoms with Gasteiger partial charge in [0.2, 0.25) is 0 Å². The zero-order valence-electron chi connectivity index (χ0n) is 35.2. The van der Waals surface area contributed by atoms with Crippen LogP contribution in [0.1, 0.15) is 25.0 Å². The molecule has 0 saturated heterocycles. The van der Waals surface area contributed by atoms with E-state index in [0.717, 1.165) is 99.8 Å². The number of aromatic nitrogens is 2. The largest absolute Gasteiger partial charge is 0.456 e. The van der Waals surface area contributed by atoms with Crippen LogP contribution < -0.4 is 4.90 Å². The molecule has 0 aliphatic heterocycles. The number of nitrogens with zero attached hydrogens (tertiary/aromatic N) is 3. The van der Waals surface area contributed by atoms with Crippen molar-refractivity contribution in [3.63, 3.8) is 0 Å². The van der Waals surface area contributed by atoms with E-state index < -0.39 is 0 Å². The Balaban J connectivity index is 1.02. The van der Waals surface area contributed by atoms with Gasteiger partial charge in [0.1, 0.15) is 22.3 Å². The summed E-state index contributed by atoms with van der Waals surface area (Å²) in [6.45, 7) is 4.67. The van der Waals surface area contributed by atoms with Crippen molar-refractivity contribution in [2.45, 2.75) is 19.3 Å². The maximum Gasteiger partial charge on any atom is 0.161 e. The van der Waals surface area contributed by atoms with Gasteiger partial charge in [-0.2, -0.15) is 0 Å². The number of fused-ring (bicyclic) bond motifs is 10. The lowest BCUT2D eigenvalue weighted by atomic mass is 9.82. The minimum absolute atomic E-state index is 0.166. The number of hydrogen-bond acceptors (Lipinski definition) is 5. The predicted octanol–water partition coefficient (Wildman–Crippen LogP) is 16.2. The van der Waals surface area contributed by atoms with Crippen molar-refractivity contribution in [1.82, 2.24) is 9.97 Å². The van der Waals surface area contributed by atoms with E-state index in [4.69, 9.17) is 18.8 Å². The smallest absolute Gasteiger partial charge is 0.161 e. The highest BCUT2D eigenvalue weighted by atomic mass is 16.3. The third-order valence-corrected chi connectivity index (χ3v) is 13.3. The van der Waals surface area contributed by atoms with Gasteiger partial charge in [-0.1, -0.05) is 159 Å². The van der Waals surface area contributed by atoms with Gasteiger partial charge >= 0.3 is 0 Å². The van der Waals surface area contributed by atoms with Gasteiger partial charge in [0.25, 0.3) is 0 Å². The highest BCUT2D eigenvalue weighted by molar-refractivity contribution is 6.14. The van der Waals surface area contributed by atoms with Gasteiger partial charge in [-0.15, -0.1) is 0 Å². The second kappa shape index (κ2) is 13.9. The second-order valence-electron chi connectivity index (χ2n) is 17.3. The van der Waals surface area contributed by atoms with Crippen molar-refractivity contribution < 1.29 is 8.83 Å². The molecule has 0 atom stereocenters. The van der Waals surface area contributed by atoms with Gasteiger partial charge in [-0.05, 0) is 76.9 Å². The van der Waals surface area contributed by atoms with Crippen LogP contribution in [-0.2, 0) is 5.41 Å². The van der Waals surface area contributed by atoms with Crippen molar-refractivity contribution in [1.29, 1.82) is 0 Å². The van der Waals surface area contributed by atoms with Crippen LogP contribution in [0.25, 0.3) is 99.7 Å². The molecule has 5 heteroatoms. The first-order chi connectivity index (χ1) is 31.5. The molecule has 0 radical (unpaired) electrons. The summed E-state index contributed by atoms with van der Waals surface area (Å²) < 4.78 is 13.1. The number of hydrogen-bond donors (Lipinski definition) is 0. The van der Waals surface area contributed by atoms with E-state index in [0.29, 0.717) is 5.82 Å². The first-order valence-corrected chi connectivity index (χ1v) is 21.8. The standard InChI is InChI=1S/C59H39N3O2/c1-59(2)47-23-9-6-18-43(47)55-48(59)24-14-26-50(55)62(38-31-29-36(30-32-38)40-20-12-21-42-41-17-8-11-27-51(41)64-57(40)42)39-33-34-52-46(35-39)54-45(22-13-28-53(54)63-52)58-60-49-25-10-7-19-44(49)56(61-58)37-15-4-3-5-16-37/h3-35H,1-2H3. The van der Waals surface area contributed by atoms with E-state index in [-0.39, 0.29) is 5.41 Å². The number of furan rings is 2. The van der Waals surface area contributed by atoms with Crippen molar-refractivity contribution in [2.75, 3.05) is 4.90 Å². The second-order valence-corrected chi connectivity index (χ2v) is 17.3. The zero-order chi connectivity index (χ0) is 42.5. The third-order valence-electron chi connectivity index (χ3n) is 13.3. The van der Waals surface area contributed by atoms with Crippen molar-refractivity contribution >= 4 is 71.8 Å². The molecule has 64 heavy (non-hydrogen) atoms. The molecule has 0 spiro atoms. The molecule has 13 rings (SSSR count). The van der Waals surface area contributed by atoms with Gasteiger partial charge in [-0.25, -0.2) is 9.97 Å². The molecular formula is C59H39N3O2. The number of benzene rings is 9.